The first-order valence-electron chi connectivity index (χ1n) is 8.40. The minimum absolute atomic E-state index is 0.113. The lowest BCUT2D eigenvalue weighted by atomic mass is 10.2. The van der Waals surface area contributed by atoms with Gasteiger partial charge in [0.25, 0.3) is 15.9 Å². The van der Waals surface area contributed by atoms with Gasteiger partial charge in [-0.2, -0.15) is 0 Å². The minimum Gasteiger partial charge on any atom is -0.352 e. The zero-order chi connectivity index (χ0) is 19.2. The van der Waals surface area contributed by atoms with E-state index in [2.05, 4.69) is 10.0 Å². The normalized spacial score (nSPS) is 11.4. The zero-order valence-electron chi connectivity index (χ0n) is 15.3. The monoisotopic (exact) mass is 375 g/mol. The van der Waals surface area contributed by atoms with Gasteiger partial charge in [0, 0.05) is 17.8 Å². The van der Waals surface area contributed by atoms with Crippen LogP contribution in [0.1, 0.15) is 22.3 Å². The average Bonchev–Trinajstić information content (AvgIpc) is 2.60. The van der Waals surface area contributed by atoms with E-state index in [-0.39, 0.29) is 10.8 Å². The molecule has 0 aliphatic carbocycles. The molecule has 0 aliphatic heterocycles. The van der Waals surface area contributed by atoms with Crippen LogP contribution in [0.25, 0.3) is 0 Å². The fourth-order valence-corrected chi connectivity index (χ4v) is 3.38. The summed E-state index contributed by atoms with van der Waals surface area (Å²) in [6.45, 7) is 3.40. The van der Waals surface area contributed by atoms with E-state index in [1.165, 1.54) is 24.3 Å². The summed E-state index contributed by atoms with van der Waals surface area (Å²) in [5.74, 6) is -0.209. The van der Waals surface area contributed by atoms with E-state index >= 15 is 0 Å². The van der Waals surface area contributed by atoms with Crippen LogP contribution in [0.5, 0.6) is 0 Å². The van der Waals surface area contributed by atoms with E-state index in [0.717, 1.165) is 18.5 Å². The maximum atomic E-state index is 12.4. The smallest absolute Gasteiger partial charge is 0.261 e. The highest BCUT2D eigenvalue weighted by atomic mass is 32.2. The third kappa shape index (κ3) is 5.86. The number of nitrogens with one attached hydrogen (secondary N) is 2. The fraction of sp³-hybridized carbons (Fsp3) is 0.316. The standard InChI is InChI=1S/C19H25N3O3S/c1-15-5-9-17(10-6-15)21-26(24,25)18-11-7-16(8-12-18)19(23)20-13-4-14-22(2)3/h5-12,21H,4,13-14H2,1-3H3,(H,20,23). The predicted molar refractivity (Wildman–Crippen MR) is 104 cm³/mol. The van der Waals surface area contributed by atoms with Gasteiger partial charge in [-0.05, 0) is 70.4 Å². The Bertz CT molecular complexity index is 829. The van der Waals surface area contributed by atoms with Crippen LogP contribution in [0.2, 0.25) is 0 Å². The van der Waals surface area contributed by atoms with Gasteiger partial charge in [0.15, 0.2) is 0 Å². The summed E-state index contributed by atoms with van der Waals surface area (Å²) >= 11 is 0. The molecule has 0 saturated carbocycles. The van der Waals surface area contributed by atoms with Crippen LogP contribution in [-0.4, -0.2) is 46.4 Å². The third-order valence-corrected chi connectivity index (χ3v) is 5.20. The van der Waals surface area contributed by atoms with Crippen molar-refractivity contribution in [3.63, 3.8) is 0 Å². The molecule has 0 bridgehead atoms. The van der Waals surface area contributed by atoms with Gasteiger partial charge in [-0.15, -0.1) is 0 Å². The second kappa shape index (κ2) is 8.82. The highest BCUT2D eigenvalue weighted by Gasteiger charge is 2.15. The Morgan fingerprint density at radius 2 is 1.62 bits per heavy atom. The number of rotatable bonds is 8. The van der Waals surface area contributed by atoms with Gasteiger partial charge in [0.1, 0.15) is 0 Å². The highest BCUT2D eigenvalue weighted by Crippen LogP contribution is 2.17. The van der Waals surface area contributed by atoms with Crippen molar-refractivity contribution in [1.29, 1.82) is 0 Å². The number of nitrogens with zero attached hydrogens (tertiary/aromatic N) is 1. The lowest BCUT2D eigenvalue weighted by Gasteiger charge is -2.11. The Morgan fingerprint density at radius 1 is 1.00 bits per heavy atom. The number of carbonyl (C=O) groups excluding carboxylic acids is 1. The van der Waals surface area contributed by atoms with Crippen LogP contribution in [0.4, 0.5) is 5.69 Å². The lowest BCUT2D eigenvalue weighted by Crippen LogP contribution is -2.27. The zero-order valence-corrected chi connectivity index (χ0v) is 16.1. The molecule has 2 aromatic carbocycles. The Morgan fingerprint density at radius 3 is 2.19 bits per heavy atom. The SMILES string of the molecule is Cc1ccc(NS(=O)(=O)c2ccc(C(=O)NCCCN(C)C)cc2)cc1. The van der Waals surface area contributed by atoms with Gasteiger partial charge in [-0.25, -0.2) is 8.42 Å². The molecule has 6 nitrogen and oxygen atoms in total. The number of aryl methyl sites for hydroxylation is 1. The van der Waals surface area contributed by atoms with E-state index < -0.39 is 10.0 Å². The van der Waals surface area contributed by atoms with Crippen LogP contribution in [0.3, 0.4) is 0 Å². The van der Waals surface area contributed by atoms with Gasteiger partial charge in [0.2, 0.25) is 0 Å². The molecule has 0 aliphatic rings. The summed E-state index contributed by atoms with van der Waals surface area (Å²) in [6, 6.07) is 13.0. The largest absolute Gasteiger partial charge is 0.352 e. The van der Waals surface area contributed by atoms with Gasteiger partial charge in [-0.3, -0.25) is 9.52 Å². The van der Waals surface area contributed by atoms with Gasteiger partial charge < -0.3 is 10.2 Å². The van der Waals surface area contributed by atoms with Crippen LogP contribution in [0, 0.1) is 6.92 Å². The van der Waals surface area contributed by atoms with Gasteiger partial charge in [-0.1, -0.05) is 17.7 Å². The van der Waals surface area contributed by atoms with Crippen molar-refractivity contribution in [2.75, 3.05) is 31.9 Å². The Kier molecular flexibility index (Phi) is 6.76. The molecule has 140 valence electrons. The van der Waals surface area contributed by atoms with Crippen LogP contribution < -0.4 is 10.0 Å². The highest BCUT2D eigenvalue weighted by molar-refractivity contribution is 7.92. The molecule has 0 atom stereocenters. The summed E-state index contributed by atoms with van der Waals surface area (Å²) in [5.41, 5.74) is 1.98. The van der Waals surface area contributed by atoms with Crippen molar-refractivity contribution in [1.82, 2.24) is 10.2 Å². The first kappa shape index (κ1) is 19.9. The molecule has 0 radical (unpaired) electrons. The molecule has 2 N–H and O–H groups in total. The summed E-state index contributed by atoms with van der Waals surface area (Å²) in [4.78, 5) is 14.2. The van der Waals surface area contributed by atoms with Crippen molar-refractivity contribution in [2.24, 2.45) is 0 Å². The fourth-order valence-electron chi connectivity index (χ4n) is 2.32. The number of sulfonamides is 1. The van der Waals surface area contributed by atoms with E-state index in [1.807, 2.05) is 38.1 Å². The molecular weight excluding hydrogens is 350 g/mol. The van der Waals surface area contributed by atoms with Gasteiger partial charge in [0.05, 0.1) is 4.90 Å². The number of hydrogen-bond donors (Lipinski definition) is 2. The quantitative estimate of drug-likeness (QED) is 0.695. The maximum absolute atomic E-state index is 12.4. The number of amides is 1. The number of benzene rings is 2. The summed E-state index contributed by atoms with van der Waals surface area (Å²) in [7, 11) is 0.269. The number of hydrogen-bond acceptors (Lipinski definition) is 4. The van der Waals surface area contributed by atoms with Crippen molar-refractivity contribution < 1.29 is 13.2 Å². The molecule has 0 fully saturated rings. The number of anilines is 1. The lowest BCUT2D eigenvalue weighted by molar-refractivity contribution is 0.0952. The number of carbonyl (C=O) groups is 1. The molecule has 26 heavy (non-hydrogen) atoms. The second-order valence-electron chi connectivity index (χ2n) is 6.41. The van der Waals surface area contributed by atoms with Crippen molar-refractivity contribution in [2.45, 2.75) is 18.2 Å². The van der Waals surface area contributed by atoms with Gasteiger partial charge >= 0.3 is 0 Å². The molecule has 0 saturated heterocycles. The predicted octanol–water partition coefficient (Wildman–Crippen LogP) is 2.48. The molecule has 1 amide bonds. The molecule has 2 aromatic rings. The van der Waals surface area contributed by atoms with Crippen molar-refractivity contribution in [3.05, 3.63) is 59.7 Å². The Balaban J connectivity index is 1.99. The minimum atomic E-state index is -3.69. The molecule has 0 unspecified atom stereocenters. The average molecular weight is 375 g/mol. The van der Waals surface area contributed by atoms with E-state index in [0.29, 0.717) is 17.8 Å². The van der Waals surface area contributed by atoms with E-state index in [1.54, 1.807) is 12.1 Å². The van der Waals surface area contributed by atoms with Crippen LogP contribution in [0.15, 0.2) is 53.4 Å². The van der Waals surface area contributed by atoms with E-state index in [4.69, 9.17) is 0 Å². The summed E-state index contributed by atoms with van der Waals surface area (Å²) < 4.78 is 27.4. The molecule has 0 spiro atoms. The summed E-state index contributed by atoms with van der Waals surface area (Å²) in [5, 5.41) is 2.83. The van der Waals surface area contributed by atoms with Crippen molar-refractivity contribution in [3.8, 4) is 0 Å². The molecular formula is C19H25N3O3S. The maximum Gasteiger partial charge on any atom is 0.261 e. The summed E-state index contributed by atoms with van der Waals surface area (Å²) in [6.07, 6.45) is 0.853. The molecule has 7 heteroatoms. The van der Waals surface area contributed by atoms with Crippen LogP contribution >= 0.6 is 0 Å². The first-order valence-corrected chi connectivity index (χ1v) is 9.89. The van der Waals surface area contributed by atoms with Crippen LogP contribution in [-0.2, 0) is 10.0 Å². The first-order chi connectivity index (χ1) is 12.3. The Hall–Kier alpha value is -2.38. The molecule has 2 rings (SSSR count). The van der Waals surface area contributed by atoms with E-state index in [9.17, 15) is 13.2 Å². The topological polar surface area (TPSA) is 78.5 Å². The second-order valence-corrected chi connectivity index (χ2v) is 8.09. The van der Waals surface area contributed by atoms with Crippen molar-refractivity contribution >= 4 is 21.6 Å². The third-order valence-electron chi connectivity index (χ3n) is 3.80. The molecule has 0 aromatic heterocycles. The molecule has 0 heterocycles. The Labute approximate surface area is 155 Å².